The number of hydrogen-bond donors (Lipinski definition) is 1. The molecule has 1 aliphatic rings. The largest absolute Gasteiger partial charge is 0.310 e. The van der Waals surface area contributed by atoms with Gasteiger partial charge in [-0.15, -0.1) is 0 Å². The molecule has 3 nitrogen and oxygen atoms in total. The van der Waals surface area contributed by atoms with Crippen LogP contribution in [0.5, 0.6) is 0 Å². The van der Waals surface area contributed by atoms with Crippen molar-refractivity contribution in [3.05, 3.63) is 33.8 Å². The Kier molecular flexibility index (Phi) is 4.77. The highest BCUT2D eigenvalue weighted by Gasteiger charge is 2.35. The second-order valence-corrected chi connectivity index (χ2v) is 7.86. The van der Waals surface area contributed by atoms with Crippen LogP contribution >= 0.6 is 23.2 Å². The van der Waals surface area contributed by atoms with Gasteiger partial charge in [0, 0.05) is 6.04 Å². The zero-order valence-corrected chi connectivity index (χ0v) is 13.0. The van der Waals surface area contributed by atoms with Crippen molar-refractivity contribution < 1.29 is 8.42 Å². The van der Waals surface area contributed by atoms with Crippen molar-refractivity contribution in [2.24, 2.45) is 5.92 Å². The maximum absolute atomic E-state index is 11.6. The Morgan fingerprint density at radius 3 is 2.74 bits per heavy atom. The van der Waals surface area contributed by atoms with Crippen LogP contribution in [-0.4, -0.2) is 26.5 Å². The van der Waals surface area contributed by atoms with Crippen LogP contribution in [0.4, 0.5) is 0 Å². The van der Waals surface area contributed by atoms with E-state index in [0.29, 0.717) is 16.5 Å². The maximum Gasteiger partial charge on any atom is 0.150 e. The highest BCUT2D eigenvalue weighted by atomic mass is 35.5. The number of benzene rings is 1. The molecule has 2 rings (SSSR count). The Bertz CT molecular complexity index is 560. The topological polar surface area (TPSA) is 46.2 Å². The molecule has 1 fully saturated rings. The lowest BCUT2D eigenvalue weighted by molar-refractivity contribution is 0.400. The van der Waals surface area contributed by atoms with Gasteiger partial charge >= 0.3 is 0 Å². The van der Waals surface area contributed by atoms with E-state index in [1.165, 1.54) is 0 Å². The third-order valence-corrected chi connectivity index (χ3v) is 6.11. The van der Waals surface area contributed by atoms with Crippen LogP contribution in [-0.2, 0) is 9.84 Å². The lowest BCUT2D eigenvalue weighted by atomic mass is 9.92. The minimum Gasteiger partial charge on any atom is -0.310 e. The van der Waals surface area contributed by atoms with Crippen LogP contribution in [0.1, 0.15) is 24.9 Å². The molecule has 0 radical (unpaired) electrons. The SMILES string of the molecule is CCNC(c1cccc(Cl)c1Cl)C1CCS(=O)(=O)C1. The van der Waals surface area contributed by atoms with Gasteiger partial charge in [-0.2, -0.15) is 0 Å². The monoisotopic (exact) mass is 321 g/mol. The fraction of sp³-hybridized carbons (Fsp3) is 0.538. The van der Waals surface area contributed by atoms with Gasteiger partial charge in [0.1, 0.15) is 0 Å². The zero-order chi connectivity index (χ0) is 14.0. The molecule has 0 spiro atoms. The normalized spacial score (nSPS) is 23.4. The van der Waals surface area contributed by atoms with Crippen molar-refractivity contribution in [2.45, 2.75) is 19.4 Å². The first-order valence-corrected chi connectivity index (χ1v) is 8.90. The van der Waals surface area contributed by atoms with E-state index >= 15 is 0 Å². The molecule has 6 heteroatoms. The summed E-state index contributed by atoms with van der Waals surface area (Å²) in [5.74, 6) is 0.534. The molecule has 1 aromatic rings. The van der Waals surface area contributed by atoms with Crippen LogP contribution in [0.2, 0.25) is 10.0 Å². The smallest absolute Gasteiger partial charge is 0.150 e. The summed E-state index contributed by atoms with van der Waals surface area (Å²) in [7, 11) is -2.91. The lowest BCUT2D eigenvalue weighted by Crippen LogP contribution is -2.29. The Hall–Kier alpha value is -0.290. The molecule has 0 bridgehead atoms. The first-order chi connectivity index (χ1) is 8.94. The molecule has 19 heavy (non-hydrogen) atoms. The quantitative estimate of drug-likeness (QED) is 0.927. The summed E-state index contributed by atoms with van der Waals surface area (Å²) in [4.78, 5) is 0. The standard InChI is InChI=1S/C13H17Cl2NO2S/c1-2-16-13(9-6-7-19(17,18)8-9)10-4-3-5-11(14)12(10)15/h3-5,9,13,16H,2,6-8H2,1H3. The molecule has 1 aromatic carbocycles. The minimum absolute atomic E-state index is 0.0564. The molecule has 1 saturated heterocycles. The molecule has 2 unspecified atom stereocenters. The molecule has 1 heterocycles. The van der Waals surface area contributed by atoms with E-state index in [0.717, 1.165) is 12.1 Å². The second kappa shape index (κ2) is 6.00. The number of sulfone groups is 1. The predicted molar refractivity (Wildman–Crippen MR) is 79.6 cm³/mol. The second-order valence-electron chi connectivity index (χ2n) is 4.84. The van der Waals surface area contributed by atoms with Crippen molar-refractivity contribution in [3.63, 3.8) is 0 Å². The van der Waals surface area contributed by atoms with E-state index in [1.807, 2.05) is 19.1 Å². The predicted octanol–water partition coefficient (Wildman–Crippen LogP) is 3.08. The number of rotatable bonds is 4. The van der Waals surface area contributed by atoms with Gasteiger partial charge in [-0.05, 0) is 30.5 Å². The Balaban J connectivity index is 2.33. The van der Waals surface area contributed by atoms with Gasteiger partial charge in [-0.25, -0.2) is 8.42 Å². The van der Waals surface area contributed by atoms with Crippen molar-refractivity contribution in [2.75, 3.05) is 18.1 Å². The first-order valence-electron chi connectivity index (χ1n) is 6.32. The third kappa shape index (κ3) is 3.43. The first kappa shape index (κ1) is 15.1. The van der Waals surface area contributed by atoms with Crippen molar-refractivity contribution in [3.8, 4) is 0 Å². The molecule has 106 valence electrons. The van der Waals surface area contributed by atoms with Crippen LogP contribution in [0.25, 0.3) is 0 Å². The summed E-state index contributed by atoms with van der Waals surface area (Å²) in [6.07, 6.45) is 0.669. The van der Waals surface area contributed by atoms with Gasteiger partial charge in [-0.3, -0.25) is 0 Å². The lowest BCUT2D eigenvalue weighted by Gasteiger charge is -2.25. The summed E-state index contributed by atoms with van der Waals surface area (Å²) in [5, 5.41) is 4.36. The number of halogens is 2. The average molecular weight is 322 g/mol. The number of nitrogens with one attached hydrogen (secondary N) is 1. The van der Waals surface area contributed by atoms with Gasteiger partial charge in [-0.1, -0.05) is 42.3 Å². The van der Waals surface area contributed by atoms with Crippen molar-refractivity contribution in [1.82, 2.24) is 5.32 Å². The Labute approximate surface area is 124 Å². The van der Waals surface area contributed by atoms with Gasteiger partial charge in [0.05, 0.1) is 21.6 Å². The molecule has 2 atom stereocenters. The van der Waals surface area contributed by atoms with E-state index < -0.39 is 9.84 Å². The van der Waals surface area contributed by atoms with E-state index in [2.05, 4.69) is 5.32 Å². The molecule has 1 aliphatic heterocycles. The van der Waals surface area contributed by atoms with E-state index in [9.17, 15) is 8.42 Å². The minimum atomic E-state index is -2.91. The van der Waals surface area contributed by atoms with Crippen LogP contribution in [0, 0.1) is 5.92 Å². The maximum atomic E-state index is 11.6. The summed E-state index contributed by atoms with van der Waals surface area (Å²) in [5.41, 5.74) is 0.887. The van der Waals surface area contributed by atoms with Crippen LogP contribution in [0.15, 0.2) is 18.2 Å². The molecule has 0 amide bonds. The van der Waals surface area contributed by atoms with Gasteiger partial charge < -0.3 is 5.32 Å². The average Bonchev–Trinajstić information content (AvgIpc) is 2.71. The molecule has 0 aromatic heterocycles. The van der Waals surface area contributed by atoms with Gasteiger partial charge in [0.25, 0.3) is 0 Å². The van der Waals surface area contributed by atoms with E-state index in [1.54, 1.807) is 6.07 Å². The summed E-state index contributed by atoms with van der Waals surface area (Å²) < 4.78 is 23.3. The molecular weight excluding hydrogens is 305 g/mol. The molecule has 0 aliphatic carbocycles. The Morgan fingerprint density at radius 1 is 1.42 bits per heavy atom. The fourth-order valence-electron chi connectivity index (χ4n) is 2.60. The Morgan fingerprint density at radius 2 is 2.16 bits per heavy atom. The van der Waals surface area contributed by atoms with Gasteiger partial charge in [0.2, 0.25) is 0 Å². The van der Waals surface area contributed by atoms with Gasteiger partial charge in [0.15, 0.2) is 9.84 Å². The van der Waals surface area contributed by atoms with Crippen molar-refractivity contribution >= 4 is 33.0 Å². The highest BCUT2D eigenvalue weighted by molar-refractivity contribution is 7.91. The molecule has 1 N–H and O–H groups in total. The zero-order valence-electron chi connectivity index (χ0n) is 10.7. The summed E-state index contributed by atoms with van der Waals surface area (Å²) in [6, 6.07) is 5.43. The summed E-state index contributed by atoms with van der Waals surface area (Å²) >= 11 is 12.3. The molecular formula is C13H17Cl2NO2S. The van der Waals surface area contributed by atoms with E-state index in [-0.39, 0.29) is 23.5 Å². The van der Waals surface area contributed by atoms with Crippen LogP contribution < -0.4 is 5.32 Å². The molecule has 0 saturated carbocycles. The van der Waals surface area contributed by atoms with Crippen molar-refractivity contribution in [1.29, 1.82) is 0 Å². The highest BCUT2D eigenvalue weighted by Crippen LogP contribution is 2.37. The van der Waals surface area contributed by atoms with E-state index in [4.69, 9.17) is 23.2 Å². The van der Waals surface area contributed by atoms with Crippen LogP contribution in [0.3, 0.4) is 0 Å². The third-order valence-electron chi connectivity index (χ3n) is 3.48. The summed E-state index contributed by atoms with van der Waals surface area (Å²) in [6.45, 7) is 2.75. The number of hydrogen-bond acceptors (Lipinski definition) is 3. The fourth-order valence-corrected chi connectivity index (χ4v) is 4.86.